The normalized spacial score (nSPS) is 16.0. The van der Waals surface area contributed by atoms with E-state index in [1.54, 1.807) is 49.9 Å². The number of benzene rings is 5. The molecule has 0 radical (unpaired) electrons. The number of nitrogens with one attached hydrogen (secondary N) is 1. The van der Waals surface area contributed by atoms with E-state index in [2.05, 4.69) is 32.1 Å². The first-order valence-corrected chi connectivity index (χ1v) is 29.8. The molecule has 2 fully saturated rings. The number of thioether (sulfide) groups is 1. The average molecular weight is 1060 g/mol. The Morgan fingerprint density at radius 1 is 0.861 bits per heavy atom. The molecule has 0 amide bonds. The van der Waals surface area contributed by atoms with Gasteiger partial charge in [-0.1, -0.05) is 60.1 Å². The van der Waals surface area contributed by atoms with E-state index < -0.39 is 23.0 Å². The van der Waals surface area contributed by atoms with Crippen LogP contribution in [0.2, 0.25) is 5.02 Å². The molecule has 0 bridgehead atoms. The van der Waals surface area contributed by atoms with Gasteiger partial charge in [0.1, 0.15) is 5.82 Å². The van der Waals surface area contributed by atoms with Crippen LogP contribution in [-0.2, 0) is 31.5 Å². The third-order valence-electron chi connectivity index (χ3n) is 13.7. The summed E-state index contributed by atoms with van der Waals surface area (Å²) in [5.74, 6) is 0.545. The van der Waals surface area contributed by atoms with Crippen molar-refractivity contribution >= 4 is 62.9 Å². The highest BCUT2D eigenvalue weighted by Crippen LogP contribution is 2.50. The molecule has 2 aliphatic heterocycles. The molecule has 72 heavy (non-hydrogen) atoms. The van der Waals surface area contributed by atoms with Crippen molar-refractivity contribution in [3.63, 3.8) is 0 Å². The number of piperazine rings is 2. The zero-order chi connectivity index (χ0) is 51.2. The van der Waals surface area contributed by atoms with Crippen molar-refractivity contribution in [2.45, 2.75) is 62.5 Å². The number of aromatic nitrogens is 1. The smallest absolute Gasteiger partial charge is 0.273 e. The summed E-state index contributed by atoms with van der Waals surface area (Å²) in [6.45, 7) is 15.0. The Morgan fingerprint density at radius 2 is 1.53 bits per heavy atom. The molecular formula is C55H65ClFN6O6PS2. The summed E-state index contributed by atoms with van der Waals surface area (Å²) in [5, 5.41) is 17.0. The Kier molecular flexibility index (Phi) is 17.4. The van der Waals surface area contributed by atoms with Gasteiger partial charge in [0.15, 0.2) is 9.84 Å². The second-order valence-corrected chi connectivity index (χ2v) is 25.0. The minimum absolute atomic E-state index is 0.0325. The lowest BCUT2D eigenvalue weighted by atomic mass is 9.96. The molecular weight excluding hydrogens is 990 g/mol. The molecule has 0 saturated carbocycles. The number of anilines is 2. The van der Waals surface area contributed by atoms with Crippen molar-refractivity contribution in [3.05, 3.63) is 153 Å². The molecule has 5 aromatic carbocycles. The van der Waals surface area contributed by atoms with E-state index in [9.17, 15) is 23.1 Å². The van der Waals surface area contributed by atoms with Gasteiger partial charge in [0, 0.05) is 120 Å². The van der Waals surface area contributed by atoms with Crippen molar-refractivity contribution in [3.8, 4) is 22.4 Å². The minimum atomic E-state index is -3.75. The van der Waals surface area contributed by atoms with E-state index >= 15 is 4.39 Å². The number of halogens is 2. The molecule has 8 rings (SSSR count). The maximum Gasteiger partial charge on any atom is 0.273 e. The van der Waals surface area contributed by atoms with Crippen LogP contribution in [0.5, 0.6) is 0 Å². The predicted octanol–water partition coefficient (Wildman–Crippen LogP) is 11.5. The molecule has 0 spiro atoms. The van der Waals surface area contributed by atoms with Crippen LogP contribution in [0.4, 0.5) is 21.5 Å². The number of hydrogen-bond acceptors (Lipinski definition) is 11. The Hall–Kier alpha value is -4.99. The number of nitrogens with zero attached hydrogens (tertiary/aromatic N) is 5. The van der Waals surface area contributed by atoms with Gasteiger partial charge < -0.3 is 29.1 Å². The third-order valence-corrected chi connectivity index (χ3v) is 19.0. The van der Waals surface area contributed by atoms with Crippen LogP contribution >= 0.6 is 30.7 Å². The SMILES string of the molecule is CCOP(=O)(Cc1ccc(N2CCN(c3cc(F)cc(-c4c(S(C)(=O)=O)c(C)n(C(C)C)c4-c4ccc(Cl)cc4)c3)CC2)cc1)c1ccc(C[C@H](CCN2CCNCC2)CSc2ccccc2)c([N+](=O)[O-])c1. The van der Waals surface area contributed by atoms with E-state index in [0.717, 1.165) is 61.7 Å². The highest BCUT2D eigenvalue weighted by atomic mass is 35.5. The summed E-state index contributed by atoms with van der Waals surface area (Å²) < 4.78 is 65.7. The Balaban J connectivity index is 0.971. The lowest BCUT2D eigenvalue weighted by Crippen LogP contribution is -2.46. The molecule has 12 nitrogen and oxygen atoms in total. The molecule has 2 aliphatic rings. The molecule has 1 aromatic heterocycles. The standard InChI is InChI=1S/C55H65ClFN6O6PS2/c1-6-69-70(66,50-21-16-44(52(36-50)63(64)65)32-42(22-25-59-26-23-58-24-27-59)38-71-51-10-8-7-9-11-51)37-41-12-19-48(20-13-41)60-28-30-61(31-29-60)49-34-45(33-47(57)35-49)53-54(43-14-17-46(56)18-15-43)62(39(2)3)40(4)55(53)72(5,67)68/h7-21,33-36,39,42,58H,6,22-32,37-38H2,1-5H3/t42-,70?/m0/s1. The van der Waals surface area contributed by atoms with Crippen LogP contribution in [0.25, 0.3) is 22.4 Å². The largest absolute Gasteiger partial charge is 0.368 e. The third kappa shape index (κ3) is 12.7. The fourth-order valence-electron chi connectivity index (χ4n) is 10.2. The van der Waals surface area contributed by atoms with Gasteiger partial charge in [0.2, 0.25) is 7.37 Å². The van der Waals surface area contributed by atoms with Crippen molar-refractivity contribution in [2.75, 3.05) is 87.3 Å². The lowest BCUT2D eigenvalue weighted by Gasteiger charge is -2.37. The number of nitro groups is 1. The highest BCUT2D eigenvalue weighted by molar-refractivity contribution is 7.99. The quantitative estimate of drug-likeness (QED) is 0.0339. The maximum absolute atomic E-state index is 15.8. The second-order valence-electron chi connectivity index (χ2n) is 19.1. The van der Waals surface area contributed by atoms with Crippen LogP contribution in [0, 0.1) is 28.8 Å². The average Bonchev–Trinajstić information content (AvgIpc) is 3.69. The van der Waals surface area contributed by atoms with E-state index in [0.29, 0.717) is 76.7 Å². The predicted molar refractivity (Wildman–Crippen MR) is 293 cm³/mol. The van der Waals surface area contributed by atoms with Gasteiger partial charge in [-0.25, -0.2) is 12.8 Å². The van der Waals surface area contributed by atoms with Crippen molar-refractivity contribution in [1.29, 1.82) is 0 Å². The monoisotopic (exact) mass is 1050 g/mol. The molecule has 382 valence electrons. The first kappa shape index (κ1) is 53.3. The molecule has 0 aliphatic carbocycles. The van der Waals surface area contributed by atoms with Gasteiger partial charge in [-0.3, -0.25) is 14.7 Å². The lowest BCUT2D eigenvalue weighted by molar-refractivity contribution is -0.385. The van der Waals surface area contributed by atoms with E-state index in [1.165, 1.54) is 29.4 Å². The summed E-state index contributed by atoms with van der Waals surface area (Å²) in [7, 11) is -7.32. The van der Waals surface area contributed by atoms with Gasteiger partial charge in [-0.2, -0.15) is 0 Å². The molecule has 17 heteroatoms. The molecule has 3 heterocycles. The highest BCUT2D eigenvalue weighted by Gasteiger charge is 2.32. The van der Waals surface area contributed by atoms with Crippen molar-refractivity contribution in [2.24, 2.45) is 5.92 Å². The first-order chi connectivity index (χ1) is 34.5. The van der Waals surface area contributed by atoms with Gasteiger partial charge in [-0.15, -0.1) is 11.8 Å². The summed E-state index contributed by atoms with van der Waals surface area (Å²) in [6.07, 6.45) is 2.72. The van der Waals surface area contributed by atoms with Gasteiger partial charge in [-0.05, 0) is 130 Å². The maximum atomic E-state index is 15.8. The first-order valence-electron chi connectivity index (χ1n) is 24.7. The summed E-state index contributed by atoms with van der Waals surface area (Å²) >= 11 is 8.05. The summed E-state index contributed by atoms with van der Waals surface area (Å²) in [4.78, 5) is 20.5. The fraction of sp³-hybridized carbons (Fsp3) is 0.382. The fourth-order valence-corrected chi connectivity index (χ4v) is 14.8. The molecule has 1 N–H and O–H groups in total. The summed E-state index contributed by atoms with van der Waals surface area (Å²) in [6, 6.07) is 35.1. The van der Waals surface area contributed by atoms with E-state index in [4.69, 9.17) is 16.1 Å². The number of nitro benzene ring substituents is 1. The zero-order valence-electron chi connectivity index (χ0n) is 41.7. The number of sulfone groups is 1. The molecule has 1 unspecified atom stereocenters. The van der Waals surface area contributed by atoms with Crippen LogP contribution in [0.15, 0.2) is 125 Å². The second kappa shape index (κ2) is 23.5. The van der Waals surface area contributed by atoms with Crippen LogP contribution in [0.1, 0.15) is 50.1 Å². The van der Waals surface area contributed by atoms with Crippen LogP contribution in [0.3, 0.4) is 0 Å². The van der Waals surface area contributed by atoms with Crippen molar-refractivity contribution in [1.82, 2.24) is 14.8 Å². The number of hydrogen-bond donors (Lipinski definition) is 1. The Labute approximate surface area is 433 Å². The number of rotatable bonds is 20. The zero-order valence-corrected chi connectivity index (χ0v) is 45.0. The summed E-state index contributed by atoms with van der Waals surface area (Å²) in [5.41, 5.74) is 6.00. The van der Waals surface area contributed by atoms with Crippen molar-refractivity contribution < 1.29 is 26.8 Å². The van der Waals surface area contributed by atoms with E-state index in [1.807, 2.05) is 79.1 Å². The Morgan fingerprint density at radius 3 is 2.15 bits per heavy atom. The minimum Gasteiger partial charge on any atom is -0.368 e. The van der Waals surface area contributed by atoms with Gasteiger partial charge in [0.05, 0.1) is 28.3 Å². The molecule has 2 atom stereocenters. The molecule has 6 aromatic rings. The van der Waals surface area contributed by atoms with Gasteiger partial charge in [0.25, 0.3) is 5.69 Å². The topological polar surface area (TPSA) is 130 Å². The van der Waals surface area contributed by atoms with Crippen LogP contribution in [-0.4, -0.2) is 100 Å². The molecule has 2 saturated heterocycles. The Bertz CT molecular complexity index is 3000. The van der Waals surface area contributed by atoms with E-state index in [-0.39, 0.29) is 40.2 Å². The van der Waals surface area contributed by atoms with Crippen LogP contribution < -0.4 is 20.4 Å². The van der Waals surface area contributed by atoms with Gasteiger partial charge >= 0.3 is 0 Å².